The number of allylic oxidation sites excluding steroid dienone is 6. The SMILES string of the molecule is CCCCCCc1ccc(C2(c3ccc(CCCCCC)cc3)c3c(sc4cc(/C=C5\C(=O)c6ccncc6C5=C(C#N)C#N)sc34)-c3sc4c5c(sc4c32)-c2sc3cc(/C=C4\C(=O)c6ccncc6C4=C(C#N)C#N)sc3c2C5(c2ccc(CCCCCC)cc2)c2ccc(CCCCCC)cc2)cc1. The van der Waals surface area contributed by atoms with Gasteiger partial charge in [-0.1, -0.05) is 202 Å². The lowest BCUT2D eigenvalue weighted by Crippen LogP contribution is -2.29. The van der Waals surface area contributed by atoms with Gasteiger partial charge in [0.2, 0.25) is 0 Å². The molecule has 0 unspecified atom stereocenters. The summed E-state index contributed by atoms with van der Waals surface area (Å²) in [5.41, 5.74) is 16.6. The molecule has 4 aliphatic carbocycles. The van der Waals surface area contributed by atoms with Gasteiger partial charge in [-0.15, -0.1) is 68.0 Å². The molecular weight excluding hydrogens is 1410 g/mol. The maximum atomic E-state index is 14.6. The minimum atomic E-state index is -0.818. The Balaban J connectivity index is 0.970. The molecule has 106 heavy (non-hydrogen) atoms. The minimum absolute atomic E-state index is 0.115. The predicted molar refractivity (Wildman–Crippen MR) is 442 cm³/mol. The molecule has 12 aromatic rings. The van der Waals surface area contributed by atoms with Gasteiger partial charge in [-0.05, 0) is 132 Å². The molecule has 0 saturated heterocycles. The molecule has 8 heterocycles. The van der Waals surface area contributed by atoms with Gasteiger partial charge < -0.3 is 0 Å². The quantitative estimate of drug-likeness (QED) is 0.0295. The van der Waals surface area contributed by atoms with Crippen LogP contribution in [-0.2, 0) is 36.5 Å². The van der Waals surface area contributed by atoms with Gasteiger partial charge in [-0.25, -0.2) is 0 Å². The molecular formula is C92H78N6O2S6. The van der Waals surface area contributed by atoms with Crippen molar-refractivity contribution in [1.82, 2.24) is 9.97 Å². The number of hydrogen-bond acceptors (Lipinski definition) is 14. The zero-order valence-electron chi connectivity index (χ0n) is 60.1. The third kappa shape index (κ3) is 11.8. The number of aromatic nitrogens is 2. The summed E-state index contributed by atoms with van der Waals surface area (Å²) >= 11 is 10.9. The van der Waals surface area contributed by atoms with Crippen molar-refractivity contribution < 1.29 is 9.59 Å². The van der Waals surface area contributed by atoms with Gasteiger partial charge in [0.15, 0.2) is 11.6 Å². The molecule has 0 amide bonds. The highest BCUT2D eigenvalue weighted by molar-refractivity contribution is 7.37. The van der Waals surface area contributed by atoms with Crippen molar-refractivity contribution in [3.05, 3.63) is 267 Å². The fraction of sp³-hybridized carbons (Fsp3) is 0.283. The number of fused-ring (bicyclic) bond motifs is 15. The molecule has 0 aliphatic heterocycles. The molecule has 0 bridgehead atoms. The second kappa shape index (κ2) is 30.0. The summed E-state index contributed by atoms with van der Waals surface area (Å²) in [6.45, 7) is 9.08. The molecule has 4 aliphatic rings. The molecule has 0 fully saturated rings. The van der Waals surface area contributed by atoms with E-state index in [9.17, 15) is 30.6 Å². The number of carbonyl (C=O) groups excluding carboxylic acids is 2. The molecule has 0 N–H and O–H groups in total. The minimum Gasteiger partial charge on any atom is -0.289 e. The van der Waals surface area contributed by atoms with Crippen LogP contribution in [0.15, 0.2) is 168 Å². The predicted octanol–water partition coefficient (Wildman–Crippen LogP) is 25.7. The summed E-state index contributed by atoms with van der Waals surface area (Å²) in [6, 6.07) is 54.9. The van der Waals surface area contributed by atoms with Gasteiger partial charge in [0.1, 0.15) is 35.4 Å². The molecule has 8 aromatic heterocycles. The first-order valence-electron chi connectivity index (χ1n) is 37.7. The first-order chi connectivity index (χ1) is 52.1. The Bertz CT molecular complexity index is 5300. The number of unbranched alkanes of at least 4 members (excludes halogenated alkanes) is 12. The van der Waals surface area contributed by atoms with Crippen LogP contribution in [0.25, 0.3) is 71.0 Å². The number of thiophene rings is 6. The van der Waals surface area contributed by atoms with Crippen LogP contribution in [0.2, 0.25) is 0 Å². The topological polar surface area (TPSA) is 155 Å². The van der Waals surface area contributed by atoms with Crippen LogP contribution in [0.3, 0.4) is 0 Å². The fourth-order valence-electron chi connectivity index (χ4n) is 17.1. The maximum absolute atomic E-state index is 14.6. The van der Waals surface area contributed by atoms with Crippen LogP contribution in [-0.4, -0.2) is 21.5 Å². The van der Waals surface area contributed by atoms with E-state index in [0.717, 1.165) is 79.9 Å². The van der Waals surface area contributed by atoms with Crippen LogP contribution in [0, 0.1) is 45.3 Å². The van der Waals surface area contributed by atoms with Crippen LogP contribution in [0.5, 0.6) is 0 Å². The van der Waals surface area contributed by atoms with Gasteiger partial charge in [-0.2, -0.15) is 21.0 Å². The van der Waals surface area contributed by atoms with E-state index in [1.807, 2.05) is 57.5 Å². The van der Waals surface area contributed by atoms with Gasteiger partial charge in [-0.3, -0.25) is 19.6 Å². The third-order valence-corrected chi connectivity index (χ3v) is 29.8. The number of aryl methyl sites for hydroxylation is 4. The average molecular weight is 1490 g/mol. The number of ketones is 2. The van der Waals surface area contributed by atoms with E-state index in [1.165, 1.54) is 173 Å². The Hall–Kier alpha value is -9.58. The fourth-order valence-corrected chi connectivity index (χ4v) is 25.9. The molecule has 524 valence electrons. The summed E-state index contributed by atoms with van der Waals surface area (Å²) in [5, 5.41) is 41.6. The normalized spacial score (nSPS) is 14.9. The average Bonchev–Trinajstić information content (AvgIpc) is 1.48. The number of nitrogens with zero attached hydrogens (tertiary/aromatic N) is 6. The monoisotopic (exact) mass is 1490 g/mol. The van der Waals surface area contributed by atoms with Crippen LogP contribution >= 0.6 is 68.0 Å². The molecule has 4 aromatic carbocycles. The Morgan fingerprint density at radius 3 is 0.972 bits per heavy atom. The van der Waals surface area contributed by atoms with E-state index in [2.05, 4.69) is 171 Å². The standard InChI is InChI=1S/C92H78N6O2S6/c1-5-9-13-17-21-55-25-33-61(34-26-55)91(62-35-27-56(28-36-62)22-18-14-10-6-2)77-83-73(47-65(101-83)45-69-75(59(49-93)50-94)71-53-97-43-41-67(71)81(69)99)103-85(77)87-79(91)89-90(105-87)80-88(106-89)86-78(84-74(104-86)48-66(102-84)46-70-76(60(51-95)52-96)72-54-98-44-42-68(72)82(70)100)92(80,63-37-29-57(30-38-63)23-19-15-11-7-3)64-39-31-58(32-40-64)24-20-16-12-8-4/h25-48,53-54H,5-24H2,1-4H3/b69-45-,70-46-. The first kappa shape index (κ1) is 70.7. The number of Topliss-reactive ketones (excluding diaryl/α,β-unsaturated/α-hetero) is 2. The van der Waals surface area contributed by atoms with Crippen molar-refractivity contribution in [3.8, 4) is 43.8 Å². The van der Waals surface area contributed by atoms with Gasteiger partial charge >= 0.3 is 0 Å². The Labute approximate surface area is 644 Å². The molecule has 0 spiro atoms. The second-order valence-corrected chi connectivity index (χ2v) is 35.0. The van der Waals surface area contributed by atoms with Crippen molar-refractivity contribution in [1.29, 1.82) is 21.0 Å². The Kier molecular flexibility index (Phi) is 20.0. The van der Waals surface area contributed by atoms with Crippen LogP contribution < -0.4 is 0 Å². The third-order valence-electron chi connectivity index (χ3n) is 22.2. The molecule has 0 saturated carbocycles. The van der Waals surface area contributed by atoms with Crippen molar-refractivity contribution in [2.45, 2.75) is 167 Å². The van der Waals surface area contributed by atoms with Gasteiger partial charge in [0.05, 0.1) is 49.1 Å². The number of pyridine rings is 2. The summed E-state index contributed by atoms with van der Waals surface area (Å²) in [5.74, 6) is -0.456. The lowest BCUT2D eigenvalue weighted by atomic mass is 9.67. The van der Waals surface area contributed by atoms with Crippen molar-refractivity contribution in [2.24, 2.45) is 0 Å². The van der Waals surface area contributed by atoms with E-state index in [4.69, 9.17) is 0 Å². The Morgan fingerprint density at radius 1 is 0.368 bits per heavy atom. The highest BCUT2D eigenvalue weighted by Crippen LogP contribution is 2.72. The van der Waals surface area contributed by atoms with Gasteiger partial charge in [0.25, 0.3) is 0 Å². The first-order valence-corrected chi connectivity index (χ1v) is 42.6. The van der Waals surface area contributed by atoms with E-state index >= 15 is 0 Å². The summed E-state index contributed by atoms with van der Waals surface area (Å²) < 4.78 is 7.09. The number of rotatable bonds is 26. The van der Waals surface area contributed by atoms with Gasteiger partial charge in [0, 0.05) is 111 Å². The summed E-state index contributed by atoms with van der Waals surface area (Å²) in [6.07, 6.45) is 33.1. The maximum Gasteiger partial charge on any atom is 0.194 e. The van der Waals surface area contributed by atoms with Crippen LogP contribution in [0.4, 0.5) is 0 Å². The van der Waals surface area contributed by atoms with Crippen molar-refractivity contribution in [3.63, 3.8) is 0 Å². The molecule has 0 atom stereocenters. The number of benzene rings is 4. The van der Waals surface area contributed by atoms with Crippen molar-refractivity contribution in [2.75, 3.05) is 0 Å². The molecule has 14 heteroatoms. The second-order valence-electron chi connectivity index (χ2n) is 28.7. The zero-order chi connectivity index (χ0) is 72.8. The lowest BCUT2D eigenvalue weighted by molar-refractivity contribution is 0.103. The van der Waals surface area contributed by atoms with E-state index in [1.54, 1.807) is 59.6 Å². The van der Waals surface area contributed by atoms with E-state index < -0.39 is 10.8 Å². The number of carbonyl (C=O) groups is 2. The van der Waals surface area contributed by atoms with Crippen molar-refractivity contribution >= 4 is 131 Å². The Morgan fingerprint density at radius 2 is 0.670 bits per heavy atom. The lowest BCUT2D eigenvalue weighted by Gasteiger charge is -2.34. The highest BCUT2D eigenvalue weighted by Gasteiger charge is 2.56. The smallest absolute Gasteiger partial charge is 0.194 e. The number of hydrogen-bond donors (Lipinski definition) is 0. The highest BCUT2D eigenvalue weighted by atomic mass is 32.1. The van der Waals surface area contributed by atoms with Crippen LogP contribution in [0.1, 0.15) is 239 Å². The largest absolute Gasteiger partial charge is 0.289 e. The number of nitriles is 4. The summed E-state index contributed by atoms with van der Waals surface area (Å²) in [7, 11) is 0. The molecule has 16 rings (SSSR count). The zero-order valence-corrected chi connectivity index (χ0v) is 65.0. The summed E-state index contributed by atoms with van der Waals surface area (Å²) in [4.78, 5) is 44.7. The molecule has 8 nitrogen and oxygen atoms in total. The van der Waals surface area contributed by atoms with E-state index in [-0.39, 0.29) is 22.7 Å². The molecule has 0 radical (unpaired) electrons. The van der Waals surface area contributed by atoms with E-state index in [0.29, 0.717) is 44.5 Å².